The molecule has 216 valence electrons. The van der Waals surface area contributed by atoms with E-state index in [0.717, 1.165) is 10.5 Å². The van der Waals surface area contributed by atoms with Gasteiger partial charge in [0.15, 0.2) is 0 Å². The summed E-state index contributed by atoms with van der Waals surface area (Å²) in [7, 11) is -2.16. The molecule has 0 bridgehead atoms. The molecule has 40 heavy (non-hydrogen) atoms. The van der Waals surface area contributed by atoms with E-state index in [-0.39, 0.29) is 24.4 Å². The standard InChI is InChI=1S/C32H42FNO5Si/c1-8-38-29(35)27-17-25(40(20(2)3,21(4)5)22(6)7)18-32(27)26-16-24(33)14-15-28(26)34(30(32)36)31(37)39-19-23-12-10-9-11-13-23/h9-16,20-22,25,27H,8,17-19H2,1-7H3/t25-,27-,32-/m1/s1. The summed E-state index contributed by atoms with van der Waals surface area (Å²) in [6, 6.07) is 13.2. The van der Waals surface area contributed by atoms with Crippen molar-refractivity contribution in [3.8, 4) is 0 Å². The molecule has 2 aromatic rings. The van der Waals surface area contributed by atoms with E-state index in [1.807, 2.05) is 30.3 Å². The van der Waals surface area contributed by atoms with Crippen molar-refractivity contribution in [3.63, 3.8) is 0 Å². The average molecular weight is 568 g/mol. The van der Waals surface area contributed by atoms with Gasteiger partial charge in [-0.05, 0) is 54.6 Å². The third kappa shape index (κ3) is 4.68. The number of carbonyl (C=O) groups excluding carboxylic acids is 3. The highest BCUT2D eigenvalue weighted by Crippen LogP contribution is 2.65. The van der Waals surface area contributed by atoms with Crippen LogP contribution in [0.15, 0.2) is 48.5 Å². The number of rotatable bonds is 8. The fraction of sp³-hybridized carbons (Fsp3) is 0.531. The molecule has 1 aliphatic heterocycles. The molecule has 1 fully saturated rings. The number of halogens is 1. The summed E-state index contributed by atoms with van der Waals surface area (Å²) >= 11 is 0. The fourth-order valence-electron chi connectivity index (χ4n) is 8.42. The van der Waals surface area contributed by atoms with Crippen molar-refractivity contribution >= 4 is 31.7 Å². The van der Waals surface area contributed by atoms with Gasteiger partial charge in [0.2, 0.25) is 5.91 Å². The average Bonchev–Trinajstić information content (AvgIpc) is 3.40. The molecule has 6 nitrogen and oxygen atoms in total. The molecule has 2 amide bonds. The Hall–Kier alpha value is -3.00. The monoisotopic (exact) mass is 567 g/mol. The van der Waals surface area contributed by atoms with Gasteiger partial charge < -0.3 is 9.47 Å². The normalized spacial score (nSPS) is 22.5. The Balaban J connectivity index is 1.84. The molecule has 1 aliphatic carbocycles. The maximum absolute atomic E-state index is 14.9. The van der Waals surface area contributed by atoms with Gasteiger partial charge in [-0.2, -0.15) is 0 Å². The van der Waals surface area contributed by atoms with Crippen LogP contribution in [0.1, 0.15) is 72.4 Å². The van der Waals surface area contributed by atoms with Gasteiger partial charge in [-0.15, -0.1) is 0 Å². The van der Waals surface area contributed by atoms with Crippen LogP contribution >= 0.6 is 0 Å². The van der Waals surface area contributed by atoms with E-state index in [1.54, 1.807) is 6.92 Å². The minimum absolute atomic E-state index is 0.0129. The first-order valence-corrected chi connectivity index (χ1v) is 16.8. The first-order valence-electron chi connectivity index (χ1n) is 14.4. The second-order valence-corrected chi connectivity index (χ2v) is 18.5. The van der Waals surface area contributed by atoms with Gasteiger partial charge in [-0.25, -0.2) is 14.1 Å². The first-order chi connectivity index (χ1) is 18.9. The van der Waals surface area contributed by atoms with Crippen molar-refractivity contribution in [1.29, 1.82) is 0 Å². The summed E-state index contributed by atoms with van der Waals surface area (Å²) in [5, 5.41) is 0. The zero-order chi connectivity index (χ0) is 29.4. The van der Waals surface area contributed by atoms with Crippen LogP contribution < -0.4 is 4.90 Å². The highest BCUT2D eigenvalue weighted by Gasteiger charge is 2.67. The Morgan fingerprint density at radius 2 is 1.62 bits per heavy atom. The van der Waals surface area contributed by atoms with E-state index >= 15 is 0 Å². The van der Waals surface area contributed by atoms with Crippen molar-refractivity contribution in [1.82, 2.24) is 0 Å². The van der Waals surface area contributed by atoms with E-state index in [0.29, 0.717) is 35.0 Å². The molecule has 1 spiro atoms. The smallest absolute Gasteiger partial charge is 0.421 e. The van der Waals surface area contributed by atoms with Gasteiger partial charge >= 0.3 is 12.1 Å². The minimum Gasteiger partial charge on any atom is -0.466 e. The molecule has 2 aliphatic rings. The SMILES string of the molecule is CCOC(=O)[C@H]1C[C@@H]([Si](C(C)C)(C(C)C)C(C)C)C[C@]12C(=O)N(C(=O)OCc1ccccc1)c1ccc(F)cc12. The summed E-state index contributed by atoms with van der Waals surface area (Å²) in [5.41, 5.74) is 1.34. The highest BCUT2D eigenvalue weighted by atomic mass is 28.3. The van der Waals surface area contributed by atoms with Gasteiger partial charge in [-0.3, -0.25) is 9.59 Å². The lowest BCUT2D eigenvalue weighted by Gasteiger charge is -2.48. The van der Waals surface area contributed by atoms with Gasteiger partial charge in [0, 0.05) is 0 Å². The van der Waals surface area contributed by atoms with E-state index in [9.17, 15) is 18.8 Å². The number of nitrogens with zero attached hydrogens (tertiary/aromatic N) is 1. The number of hydrogen-bond acceptors (Lipinski definition) is 5. The highest BCUT2D eigenvalue weighted by molar-refractivity contribution is 6.85. The predicted octanol–water partition coefficient (Wildman–Crippen LogP) is 7.77. The molecule has 0 radical (unpaired) electrons. The van der Waals surface area contributed by atoms with E-state index in [4.69, 9.17) is 9.47 Å². The zero-order valence-electron chi connectivity index (χ0n) is 24.7. The quantitative estimate of drug-likeness (QED) is 0.241. The van der Waals surface area contributed by atoms with Crippen molar-refractivity contribution in [2.24, 2.45) is 5.92 Å². The lowest BCUT2D eigenvalue weighted by molar-refractivity contribution is -0.152. The lowest BCUT2D eigenvalue weighted by atomic mass is 9.73. The van der Waals surface area contributed by atoms with Crippen LogP contribution in [0.3, 0.4) is 0 Å². The zero-order valence-corrected chi connectivity index (χ0v) is 25.7. The number of amides is 2. The Bertz CT molecular complexity index is 1240. The van der Waals surface area contributed by atoms with Crippen molar-refractivity contribution < 1.29 is 28.2 Å². The Labute approximate surface area is 238 Å². The Kier molecular flexibility index (Phi) is 8.59. The molecule has 8 heteroatoms. The molecule has 0 aromatic heterocycles. The van der Waals surface area contributed by atoms with Crippen LogP contribution in [0, 0.1) is 11.7 Å². The molecule has 0 N–H and O–H groups in total. The van der Waals surface area contributed by atoms with Crippen molar-refractivity contribution in [2.45, 2.75) is 95.5 Å². The number of imide groups is 1. The molecule has 1 saturated carbocycles. The molecule has 0 saturated heterocycles. The second kappa shape index (κ2) is 11.5. The topological polar surface area (TPSA) is 72.9 Å². The summed E-state index contributed by atoms with van der Waals surface area (Å²) < 4.78 is 26.0. The van der Waals surface area contributed by atoms with Crippen LogP contribution in [0.4, 0.5) is 14.9 Å². The summed E-state index contributed by atoms with van der Waals surface area (Å²) in [5.74, 6) is -2.32. The molecular weight excluding hydrogens is 525 g/mol. The molecule has 1 heterocycles. The molecular formula is C32H42FNO5Si. The number of benzene rings is 2. The van der Waals surface area contributed by atoms with Gasteiger partial charge in [0.1, 0.15) is 12.4 Å². The maximum Gasteiger partial charge on any atom is 0.421 e. The lowest BCUT2D eigenvalue weighted by Crippen LogP contribution is -2.50. The number of ether oxygens (including phenoxy) is 2. The van der Waals surface area contributed by atoms with E-state index < -0.39 is 43.2 Å². The van der Waals surface area contributed by atoms with Crippen LogP contribution in [0.5, 0.6) is 0 Å². The van der Waals surface area contributed by atoms with E-state index in [2.05, 4.69) is 41.5 Å². The summed E-state index contributed by atoms with van der Waals surface area (Å²) in [6.07, 6.45) is 0.0353. The summed E-state index contributed by atoms with van der Waals surface area (Å²) in [6.45, 7) is 15.4. The number of esters is 1. The first kappa shape index (κ1) is 30.0. The predicted molar refractivity (Wildman–Crippen MR) is 156 cm³/mol. The summed E-state index contributed by atoms with van der Waals surface area (Å²) in [4.78, 5) is 42.7. The van der Waals surface area contributed by atoms with Crippen LogP contribution in [-0.2, 0) is 31.1 Å². The Morgan fingerprint density at radius 3 is 2.20 bits per heavy atom. The van der Waals surface area contributed by atoms with Crippen molar-refractivity contribution in [2.75, 3.05) is 11.5 Å². The number of carbonyl (C=O) groups is 3. The third-order valence-electron chi connectivity index (χ3n) is 9.61. The van der Waals surface area contributed by atoms with Gasteiger partial charge in [0.25, 0.3) is 0 Å². The largest absolute Gasteiger partial charge is 0.466 e. The number of hydrogen-bond donors (Lipinski definition) is 0. The molecule has 0 unspecified atom stereocenters. The van der Waals surface area contributed by atoms with Crippen LogP contribution in [-0.4, -0.2) is 32.7 Å². The number of anilines is 1. The van der Waals surface area contributed by atoms with Gasteiger partial charge in [0.05, 0.1) is 31.7 Å². The second-order valence-electron chi connectivity index (χ2n) is 12.2. The maximum atomic E-state index is 14.9. The minimum atomic E-state index is -2.16. The fourth-order valence-corrected chi connectivity index (χ4v) is 16.6. The Morgan fingerprint density at radius 1 is 1.00 bits per heavy atom. The van der Waals surface area contributed by atoms with E-state index in [1.165, 1.54) is 18.2 Å². The van der Waals surface area contributed by atoms with Crippen LogP contribution in [0.25, 0.3) is 0 Å². The number of fused-ring (bicyclic) bond motifs is 2. The molecule has 3 atom stereocenters. The van der Waals surface area contributed by atoms with Crippen molar-refractivity contribution in [3.05, 3.63) is 65.5 Å². The third-order valence-corrected chi connectivity index (χ3v) is 17.5. The van der Waals surface area contributed by atoms with Crippen LogP contribution in [0.2, 0.25) is 22.2 Å². The molecule has 2 aromatic carbocycles. The van der Waals surface area contributed by atoms with Gasteiger partial charge in [-0.1, -0.05) is 88.5 Å². The molecule has 4 rings (SSSR count).